The number of thioether (sulfide) groups is 1. The van der Waals surface area contributed by atoms with E-state index in [-0.39, 0.29) is 11.6 Å². The highest BCUT2D eigenvalue weighted by Crippen LogP contribution is 2.38. The standard InChI is InChI=1S/C41H36N4O5S2/c1-3-49-31-19-15-27(16-20-31)25-35(43-38(46)29-13-9-6-10-14-29)39(47)42-30-17-22-33(23-18-30)51-37(28-11-7-5-8-12-28)40(48)45-41-44-34-24-21-32(50-4-2)26-36(34)52-41/h5-26,37H,3-4H2,1-2H3,(H,42,47)(H,43,46)(H,44,45,48)/b35-25-. The topological polar surface area (TPSA) is 119 Å². The van der Waals surface area contributed by atoms with Gasteiger partial charge in [-0.05, 0) is 97.8 Å². The molecule has 1 atom stereocenters. The maximum Gasteiger partial charge on any atom is 0.272 e. The number of amides is 3. The predicted octanol–water partition coefficient (Wildman–Crippen LogP) is 8.98. The number of carbonyl (C=O) groups is 3. The molecular formula is C41H36N4O5S2. The Morgan fingerprint density at radius 3 is 2.12 bits per heavy atom. The lowest BCUT2D eigenvalue weighted by Gasteiger charge is -2.17. The molecule has 6 rings (SSSR count). The van der Waals surface area contributed by atoms with Crippen LogP contribution in [0.4, 0.5) is 10.8 Å². The van der Waals surface area contributed by atoms with Crippen molar-refractivity contribution in [3.05, 3.63) is 150 Å². The Bertz CT molecular complexity index is 2170. The fourth-order valence-corrected chi connectivity index (χ4v) is 7.10. The number of fused-ring (bicyclic) bond motifs is 1. The Morgan fingerprint density at radius 2 is 1.42 bits per heavy atom. The van der Waals surface area contributed by atoms with Crippen molar-refractivity contribution in [3.63, 3.8) is 0 Å². The summed E-state index contributed by atoms with van der Waals surface area (Å²) in [5.74, 6) is 0.342. The summed E-state index contributed by atoms with van der Waals surface area (Å²) < 4.78 is 12.1. The minimum atomic E-state index is -0.579. The van der Waals surface area contributed by atoms with E-state index in [1.54, 1.807) is 54.6 Å². The molecular weight excluding hydrogens is 693 g/mol. The summed E-state index contributed by atoms with van der Waals surface area (Å²) in [5, 5.41) is 8.59. The van der Waals surface area contributed by atoms with E-state index in [0.717, 1.165) is 26.4 Å². The molecule has 52 heavy (non-hydrogen) atoms. The fourth-order valence-electron chi connectivity index (χ4n) is 5.17. The predicted molar refractivity (Wildman–Crippen MR) is 209 cm³/mol. The van der Waals surface area contributed by atoms with Gasteiger partial charge < -0.3 is 25.4 Å². The molecule has 11 heteroatoms. The molecule has 0 bridgehead atoms. The Morgan fingerprint density at radius 1 is 0.769 bits per heavy atom. The van der Waals surface area contributed by atoms with Gasteiger partial charge in [-0.1, -0.05) is 72.0 Å². The number of ether oxygens (including phenoxy) is 2. The highest BCUT2D eigenvalue weighted by Gasteiger charge is 2.24. The van der Waals surface area contributed by atoms with Crippen molar-refractivity contribution in [1.29, 1.82) is 0 Å². The molecule has 1 unspecified atom stereocenters. The van der Waals surface area contributed by atoms with Crippen molar-refractivity contribution in [1.82, 2.24) is 10.3 Å². The number of anilines is 2. The molecule has 0 aliphatic rings. The van der Waals surface area contributed by atoms with Crippen LogP contribution in [0.2, 0.25) is 0 Å². The number of nitrogens with one attached hydrogen (secondary N) is 3. The normalized spacial score (nSPS) is 11.8. The maximum atomic E-state index is 13.7. The quantitative estimate of drug-likeness (QED) is 0.0757. The monoisotopic (exact) mass is 728 g/mol. The molecule has 9 nitrogen and oxygen atoms in total. The number of nitrogens with zero attached hydrogens (tertiary/aromatic N) is 1. The Kier molecular flexibility index (Phi) is 12.0. The summed E-state index contributed by atoms with van der Waals surface area (Å²) in [6.45, 7) is 4.94. The second-order valence-corrected chi connectivity index (χ2v) is 13.5. The summed E-state index contributed by atoms with van der Waals surface area (Å²) in [4.78, 5) is 45.8. The summed E-state index contributed by atoms with van der Waals surface area (Å²) in [6, 6.07) is 38.4. The van der Waals surface area contributed by atoms with Gasteiger partial charge in [-0.3, -0.25) is 14.4 Å². The number of thiazole rings is 1. The van der Waals surface area contributed by atoms with Crippen LogP contribution in [-0.2, 0) is 9.59 Å². The van der Waals surface area contributed by atoms with Gasteiger partial charge in [0.1, 0.15) is 22.4 Å². The Labute approximate surface area is 310 Å². The first-order valence-electron chi connectivity index (χ1n) is 16.7. The summed E-state index contributed by atoms with van der Waals surface area (Å²) in [6.07, 6.45) is 1.61. The van der Waals surface area contributed by atoms with E-state index < -0.39 is 17.1 Å². The van der Waals surface area contributed by atoms with E-state index in [0.29, 0.717) is 40.9 Å². The summed E-state index contributed by atoms with van der Waals surface area (Å²) in [7, 11) is 0. The third-order valence-corrected chi connectivity index (χ3v) is 9.84. The molecule has 1 heterocycles. The average molecular weight is 729 g/mol. The molecule has 262 valence electrons. The van der Waals surface area contributed by atoms with Gasteiger partial charge in [0.25, 0.3) is 11.8 Å². The van der Waals surface area contributed by atoms with E-state index >= 15 is 0 Å². The number of hydrogen-bond donors (Lipinski definition) is 3. The van der Waals surface area contributed by atoms with Crippen molar-refractivity contribution >= 4 is 67.9 Å². The molecule has 3 N–H and O–H groups in total. The molecule has 0 spiro atoms. The molecule has 0 aliphatic heterocycles. The van der Waals surface area contributed by atoms with Gasteiger partial charge in [0, 0.05) is 16.1 Å². The highest BCUT2D eigenvalue weighted by atomic mass is 32.2. The van der Waals surface area contributed by atoms with Crippen LogP contribution in [0.3, 0.4) is 0 Å². The van der Waals surface area contributed by atoms with E-state index in [1.165, 1.54) is 23.1 Å². The zero-order chi connectivity index (χ0) is 36.3. The van der Waals surface area contributed by atoms with Crippen LogP contribution >= 0.6 is 23.1 Å². The van der Waals surface area contributed by atoms with Crippen LogP contribution in [-0.4, -0.2) is 35.9 Å². The number of hydrogen-bond acceptors (Lipinski definition) is 8. The first-order valence-corrected chi connectivity index (χ1v) is 18.4. The second kappa shape index (κ2) is 17.3. The van der Waals surface area contributed by atoms with Gasteiger partial charge in [-0.25, -0.2) is 4.98 Å². The van der Waals surface area contributed by atoms with E-state index in [1.807, 2.05) is 92.7 Å². The minimum absolute atomic E-state index is 0.0706. The van der Waals surface area contributed by atoms with Crippen molar-refractivity contribution < 1.29 is 23.9 Å². The van der Waals surface area contributed by atoms with E-state index in [9.17, 15) is 14.4 Å². The van der Waals surface area contributed by atoms with Crippen LogP contribution < -0.4 is 25.4 Å². The molecule has 1 aromatic heterocycles. The molecule has 6 aromatic rings. The maximum absolute atomic E-state index is 13.7. The zero-order valence-corrected chi connectivity index (χ0v) is 30.1. The van der Waals surface area contributed by atoms with E-state index in [2.05, 4.69) is 20.9 Å². The zero-order valence-electron chi connectivity index (χ0n) is 28.5. The van der Waals surface area contributed by atoms with Gasteiger partial charge in [0.15, 0.2) is 5.13 Å². The van der Waals surface area contributed by atoms with Crippen molar-refractivity contribution in [3.8, 4) is 11.5 Å². The number of rotatable bonds is 14. The molecule has 0 aliphatic carbocycles. The Hall–Kier alpha value is -5.91. The smallest absolute Gasteiger partial charge is 0.272 e. The first kappa shape index (κ1) is 35.9. The van der Waals surface area contributed by atoms with Gasteiger partial charge in [-0.2, -0.15) is 0 Å². The third-order valence-electron chi connectivity index (χ3n) is 7.64. The van der Waals surface area contributed by atoms with Gasteiger partial charge in [0.05, 0.1) is 23.4 Å². The molecule has 0 saturated carbocycles. The molecule has 3 amide bonds. The fraction of sp³-hybridized carbons (Fsp3) is 0.122. The minimum Gasteiger partial charge on any atom is -0.494 e. The van der Waals surface area contributed by atoms with Crippen LogP contribution in [0.25, 0.3) is 16.3 Å². The number of aromatic nitrogens is 1. The van der Waals surface area contributed by atoms with Crippen LogP contribution in [0, 0.1) is 0 Å². The summed E-state index contributed by atoms with van der Waals surface area (Å²) >= 11 is 2.78. The van der Waals surface area contributed by atoms with Gasteiger partial charge in [0.2, 0.25) is 5.91 Å². The largest absolute Gasteiger partial charge is 0.494 e. The van der Waals surface area contributed by atoms with Gasteiger partial charge >= 0.3 is 0 Å². The lowest BCUT2D eigenvalue weighted by atomic mass is 10.1. The van der Waals surface area contributed by atoms with Gasteiger partial charge in [-0.15, -0.1) is 11.8 Å². The van der Waals surface area contributed by atoms with Crippen LogP contribution in [0.1, 0.15) is 40.6 Å². The average Bonchev–Trinajstić information content (AvgIpc) is 3.57. The van der Waals surface area contributed by atoms with Crippen molar-refractivity contribution in [2.75, 3.05) is 23.8 Å². The summed E-state index contributed by atoms with van der Waals surface area (Å²) in [5.41, 5.74) is 3.33. The number of benzene rings is 5. The first-order chi connectivity index (χ1) is 25.4. The van der Waals surface area contributed by atoms with Crippen LogP contribution in [0.15, 0.2) is 138 Å². The lowest BCUT2D eigenvalue weighted by Crippen LogP contribution is -2.30. The highest BCUT2D eigenvalue weighted by molar-refractivity contribution is 8.00. The lowest BCUT2D eigenvalue weighted by molar-refractivity contribution is -0.116. The number of carbonyl (C=O) groups excluding carboxylic acids is 3. The van der Waals surface area contributed by atoms with Crippen molar-refractivity contribution in [2.45, 2.75) is 24.0 Å². The van der Waals surface area contributed by atoms with Crippen LogP contribution in [0.5, 0.6) is 11.5 Å². The molecule has 5 aromatic carbocycles. The third kappa shape index (κ3) is 9.45. The molecule has 0 saturated heterocycles. The van der Waals surface area contributed by atoms with Crippen molar-refractivity contribution in [2.24, 2.45) is 0 Å². The SMILES string of the molecule is CCOc1ccc(/C=C(\NC(=O)c2ccccc2)C(=O)Nc2ccc(SC(C(=O)Nc3nc4ccc(OCC)cc4s3)c3ccccc3)cc2)cc1. The molecule has 0 fully saturated rings. The molecule has 0 radical (unpaired) electrons. The second-order valence-electron chi connectivity index (χ2n) is 11.3. The van der Waals surface area contributed by atoms with E-state index in [4.69, 9.17) is 9.47 Å². The Balaban J connectivity index is 1.17.